The van der Waals surface area contributed by atoms with Crippen LogP contribution >= 0.6 is 0 Å². The van der Waals surface area contributed by atoms with Crippen molar-refractivity contribution in [3.8, 4) is 0 Å². The summed E-state index contributed by atoms with van der Waals surface area (Å²) in [6.45, 7) is 2.91. The smallest absolute Gasteiger partial charge is 0.312 e. The fourth-order valence-electron chi connectivity index (χ4n) is 4.13. The second-order valence-corrected chi connectivity index (χ2v) is 7.41. The summed E-state index contributed by atoms with van der Waals surface area (Å²) >= 11 is 0. The van der Waals surface area contributed by atoms with Gasteiger partial charge >= 0.3 is 11.9 Å². The average molecular weight is 394 g/mol. The molecule has 0 aromatic rings. The first-order chi connectivity index (χ1) is 13.5. The van der Waals surface area contributed by atoms with Crippen LogP contribution in [0.25, 0.3) is 20.9 Å². The number of carboxylic acids is 1. The molecule has 0 heterocycles. The molecule has 156 valence electrons. The van der Waals surface area contributed by atoms with Crippen molar-refractivity contribution < 1.29 is 19.4 Å². The van der Waals surface area contributed by atoms with E-state index in [0.717, 1.165) is 51.4 Å². The van der Waals surface area contributed by atoms with Crippen molar-refractivity contribution >= 4 is 11.9 Å². The van der Waals surface area contributed by atoms with Gasteiger partial charge in [-0.1, -0.05) is 35.9 Å². The summed E-state index contributed by atoms with van der Waals surface area (Å²) in [6, 6.07) is 0. The minimum absolute atomic E-state index is 0.115. The van der Waals surface area contributed by atoms with Gasteiger partial charge in [-0.15, -0.1) is 0 Å². The summed E-state index contributed by atoms with van der Waals surface area (Å²) in [5.41, 5.74) is 15.3. The number of nitrogens with zero attached hydrogens (tertiary/aromatic N) is 6. The molecule has 0 amide bonds. The third-order valence-corrected chi connectivity index (χ3v) is 5.79. The summed E-state index contributed by atoms with van der Waals surface area (Å²) < 4.78 is 5.09. The van der Waals surface area contributed by atoms with Gasteiger partial charge in [0.15, 0.2) is 0 Å². The number of ether oxygens (including phenoxy) is 1. The molecule has 28 heavy (non-hydrogen) atoms. The van der Waals surface area contributed by atoms with E-state index >= 15 is 0 Å². The second-order valence-electron chi connectivity index (χ2n) is 7.41. The highest BCUT2D eigenvalue weighted by atomic mass is 16.5. The van der Waals surface area contributed by atoms with Crippen LogP contribution in [0.5, 0.6) is 0 Å². The molecule has 1 N–H and O–H groups in total. The Kier molecular flexibility index (Phi) is 10.2. The normalized spacial score (nSPS) is 18.8. The number of carbonyl (C=O) groups excluding carboxylic acids is 1. The third kappa shape index (κ3) is 6.62. The Morgan fingerprint density at radius 3 is 1.75 bits per heavy atom. The quantitative estimate of drug-likeness (QED) is 0.248. The summed E-state index contributed by atoms with van der Waals surface area (Å²) in [6.07, 6.45) is 8.36. The lowest BCUT2D eigenvalue weighted by atomic mass is 9.83. The van der Waals surface area contributed by atoms with Crippen LogP contribution in [0.15, 0.2) is 10.2 Å². The lowest BCUT2D eigenvalue weighted by Gasteiger charge is -2.25. The van der Waals surface area contributed by atoms with Crippen molar-refractivity contribution in [3.05, 3.63) is 20.9 Å². The maximum absolute atomic E-state index is 11.8. The number of carboxylic acid groups (broad SMARTS) is 1. The molecule has 2 aliphatic carbocycles. The third-order valence-electron chi connectivity index (χ3n) is 5.79. The van der Waals surface area contributed by atoms with Crippen molar-refractivity contribution in [2.24, 2.45) is 21.1 Å². The van der Waals surface area contributed by atoms with E-state index in [1.807, 2.05) is 6.92 Å². The summed E-state index contributed by atoms with van der Waals surface area (Å²) in [7, 11) is 0. The predicted molar refractivity (Wildman–Crippen MR) is 103 cm³/mol. The lowest BCUT2D eigenvalue weighted by molar-refractivity contribution is -0.155. The van der Waals surface area contributed by atoms with Gasteiger partial charge in [0, 0.05) is 22.9 Å². The zero-order chi connectivity index (χ0) is 20.9. The van der Waals surface area contributed by atoms with Gasteiger partial charge in [0.25, 0.3) is 0 Å². The molecule has 2 saturated carbocycles. The number of esters is 1. The van der Waals surface area contributed by atoms with E-state index in [2.05, 4.69) is 20.1 Å². The number of azide groups is 2. The fraction of sp³-hybridized carbons (Fsp3) is 0.889. The van der Waals surface area contributed by atoms with Crippen LogP contribution in [-0.4, -0.2) is 36.7 Å². The molecule has 0 aliphatic heterocycles. The highest BCUT2D eigenvalue weighted by Gasteiger charge is 2.42. The first-order valence-corrected chi connectivity index (χ1v) is 9.89. The standard InChI is InChI=1S/C10H17N3O2.C8H13N3O2/c1-2-15-9(14)10(5-3-4-6-10)7-8-12-13-11;9-11-10-6-5-8(7(12)13)3-1-2-4-8/h2-8H2,1H3;1-6H2,(H,12,13). The van der Waals surface area contributed by atoms with Crippen LogP contribution in [-0.2, 0) is 14.3 Å². The Hall–Kier alpha value is -2.44. The average Bonchev–Trinajstić information content (AvgIpc) is 3.34. The second kappa shape index (κ2) is 12.1. The van der Waals surface area contributed by atoms with Gasteiger partial charge in [0.2, 0.25) is 0 Å². The Morgan fingerprint density at radius 2 is 1.36 bits per heavy atom. The number of carbonyl (C=O) groups is 2. The van der Waals surface area contributed by atoms with E-state index in [0.29, 0.717) is 32.5 Å². The molecular weight excluding hydrogens is 364 g/mol. The van der Waals surface area contributed by atoms with Gasteiger partial charge in [0.05, 0.1) is 17.4 Å². The molecule has 10 nitrogen and oxygen atoms in total. The first kappa shape index (κ1) is 23.6. The van der Waals surface area contributed by atoms with Crippen LogP contribution < -0.4 is 0 Å². The van der Waals surface area contributed by atoms with Gasteiger partial charge in [-0.25, -0.2) is 0 Å². The van der Waals surface area contributed by atoms with Crippen molar-refractivity contribution in [2.75, 3.05) is 19.7 Å². The van der Waals surface area contributed by atoms with Crippen molar-refractivity contribution in [2.45, 2.75) is 71.1 Å². The van der Waals surface area contributed by atoms with Gasteiger partial charge in [-0.2, -0.15) is 0 Å². The zero-order valence-corrected chi connectivity index (χ0v) is 16.5. The number of rotatable bonds is 9. The van der Waals surface area contributed by atoms with Crippen LogP contribution in [0.3, 0.4) is 0 Å². The number of hydrogen-bond donors (Lipinski definition) is 1. The van der Waals surface area contributed by atoms with Gasteiger partial charge in [0.1, 0.15) is 0 Å². The SMILES string of the molecule is CCOC(=O)C1(CCN=[N+]=[N-])CCCC1.[N-]=[N+]=NCCC1(C(=O)O)CCCC1. The zero-order valence-electron chi connectivity index (χ0n) is 16.5. The van der Waals surface area contributed by atoms with E-state index in [9.17, 15) is 9.59 Å². The first-order valence-electron chi connectivity index (χ1n) is 9.89. The van der Waals surface area contributed by atoms with E-state index in [-0.39, 0.29) is 11.4 Å². The molecule has 0 radical (unpaired) electrons. The molecule has 0 saturated heterocycles. The van der Waals surface area contributed by atoms with Crippen molar-refractivity contribution in [1.29, 1.82) is 0 Å². The van der Waals surface area contributed by atoms with Gasteiger partial charge < -0.3 is 9.84 Å². The van der Waals surface area contributed by atoms with Gasteiger partial charge in [-0.05, 0) is 56.5 Å². The number of hydrogen-bond acceptors (Lipinski definition) is 5. The van der Waals surface area contributed by atoms with E-state index < -0.39 is 11.4 Å². The molecule has 0 aromatic heterocycles. The Labute approximate surface area is 164 Å². The van der Waals surface area contributed by atoms with E-state index in [1.54, 1.807) is 0 Å². The maximum Gasteiger partial charge on any atom is 0.312 e. The molecule has 2 aliphatic rings. The van der Waals surface area contributed by atoms with Crippen LogP contribution in [0.2, 0.25) is 0 Å². The predicted octanol–water partition coefficient (Wildman–Crippen LogP) is 5.14. The monoisotopic (exact) mass is 394 g/mol. The summed E-state index contributed by atoms with van der Waals surface area (Å²) in [5.74, 6) is -0.853. The molecule has 2 fully saturated rings. The molecule has 0 atom stereocenters. The molecule has 10 heteroatoms. The van der Waals surface area contributed by atoms with Crippen LogP contribution in [0.1, 0.15) is 71.1 Å². The number of aliphatic carboxylic acids is 1. The Balaban J connectivity index is 0.000000283. The largest absolute Gasteiger partial charge is 0.481 e. The minimum atomic E-state index is -0.738. The molecular formula is C18H30N6O4. The van der Waals surface area contributed by atoms with Crippen LogP contribution in [0.4, 0.5) is 0 Å². The fourth-order valence-corrected chi connectivity index (χ4v) is 4.13. The molecule has 0 unspecified atom stereocenters. The summed E-state index contributed by atoms with van der Waals surface area (Å²) in [5, 5.41) is 15.9. The Morgan fingerprint density at radius 1 is 0.929 bits per heavy atom. The van der Waals surface area contributed by atoms with E-state index in [4.69, 9.17) is 20.9 Å². The lowest BCUT2D eigenvalue weighted by Crippen LogP contribution is -2.31. The van der Waals surface area contributed by atoms with Crippen molar-refractivity contribution in [1.82, 2.24) is 0 Å². The Bertz CT molecular complexity index is 614. The molecule has 0 spiro atoms. The maximum atomic E-state index is 11.8. The molecule has 0 bridgehead atoms. The van der Waals surface area contributed by atoms with Gasteiger partial charge in [-0.3, -0.25) is 9.59 Å². The molecule has 2 rings (SSSR count). The minimum Gasteiger partial charge on any atom is -0.481 e. The highest BCUT2D eigenvalue weighted by Crippen LogP contribution is 2.42. The summed E-state index contributed by atoms with van der Waals surface area (Å²) in [4.78, 5) is 28.1. The van der Waals surface area contributed by atoms with E-state index in [1.165, 1.54) is 0 Å². The van der Waals surface area contributed by atoms with Crippen molar-refractivity contribution in [3.63, 3.8) is 0 Å². The highest BCUT2D eigenvalue weighted by molar-refractivity contribution is 5.77. The molecule has 0 aromatic carbocycles. The topological polar surface area (TPSA) is 161 Å². The van der Waals surface area contributed by atoms with Crippen LogP contribution in [0, 0.1) is 10.8 Å².